The molecule has 0 radical (unpaired) electrons. The van der Waals surface area contributed by atoms with Crippen LogP contribution in [0.1, 0.15) is 0 Å². The van der Waals surface area contributed by atoms with Gasteiger partial charge < -0.3 is 25.7 Å². The summed E-state index contributed by atoms with van der Waals surface area (Å²) in [6, 6.07) is 7.56. The van der Waals surface area contributed by atoms with E-state index in [0.717, 1.165) is 10.6 Å². The van der Waals surface area contributed by atoms with Gasteiger partial charge in [-0.05, 0) is 12.1 Å². The van der Waals surface area contributed by atoms with Crippen LogP contribution in [0.3, 0.4) is 0 Å². The van der Waals surface area contributed by atoms with E-state index in [1.165, 1.54) is 11.8 Å². The second kappa shape index (κ2) is 5.24. The number of anilines is 1. The molecule has 1 aliphatic rings. The molecule has 0 bridgehead atoms. The molecule has 1 aliphatic heterocycles. The van der Waals surface area contributed by atoms with E-state index in [1.807, 2.05) is 24.3 Å². The summed E-state index contributed by atoms with van der Waals surface area (Å²) in [5, 5.41) is 40.1. The highest BCUT2D eigenvalue weighted by Crippen LogP contribution is 2.39. The zero-order valence-electron chi connectivity index (χ0n) is 9.02. The highest BCUT2D eigenvalue weighted by molar-refractivity contribution is 8.00. The van der Waals surface area contributed by atoms with Gasteiger partial charge in [-0.3, -0.25) is 0 Å². The number of fused-ring (bicyclic) bond motifs is 1. The van der Waals surface area contributed by atoms with Crippen molar-refractivity contribution in [1.82, 2.24) is 0 Å². The standard InChI is InChI=1S/C11H15NO4S/c13-5-7(14)9(15)10(16)11-12-6-3-1-2-4-8(6)17-11/h1-4,7,9-16H,5H2/t7-,9-,10+,11+/m0/s1. The van der Waals surface area contributed by atoms with E-state index in [2.05, 4.69) is 5.32 Å². The number of para-hydroxylation sites is 1. The fourth-order valence-corrected chi connectivity index (χ4v) is 2.85. The Balaban J connectivity index is 2.03. The summed E-state index contributed by atoms with van der Waals surface area (Å²) >= 11 is 1.39. The smallest absolute Gasteiger partial charge is 0.112 e. The molecule has 0 amide bonds. The Morgan fingerprint density at radius 1 is 1.24 bits per heavy atom. The first-order chi connectivity index (χ1) is 8.13. The molecule has 0 saturated heterocycles. The summed E-state index contributed by atoms with van der Waals surface area (Å²) in [6.07, 6.45) is -3.87. The highest BCUT2D eigenvalue weighted by Gasteiger charge is 2.35. The monoisotopic (exact) mass is 257 g/mol. The van der Waals surface area contributed by atoms with Crippen LogP contribution in [0.15, 0.2) is 29.2 Å². The maximum absolute atomic E-state index is 9.89. The van der Waals surface area contributed by atoms with Crippen LogP contribution in [0.5, 0.6) is 0 Å². The van der Waals surface area contributed by atoms with Crippen molar-refractivity contribution in [1.29, 1.82) is 0 Å². The predicted molar refractivity (Wildman–Crippen MR) is 64.8 cm³/mol. The van der Waals surface area contributed by atoms with Crippen molar-refractivity contribution in [2.24, 2.45) is 0 Å². The molecule has 0 unspecified atom stereocenters. The Bertz CT molecular complexity index is 364. The predicted octanol–water partition coefficient (Wildman–Crippen LogP) is -0.395. The molecule has 0 fully saturated rings. The Morgan fingerprint density at radius 3 is 2.59 bits per heavy atom. The first-order valence-electron chi connectivity index (χ1n) is 5.30. The minimum absolute atomic E-state index is 0.427. The lowest BCUT2D eigenvalue weighted by molar-refractivity contribution is -0.0741. The van der Waals surface area contributed by atoms with Gasteiger partial charge in [0, 0.05) is 10.6 Å². The normalized spacial score (nSPS) is 23.6. The number of hydrogen-bond donors (Lipinski definition) is 5. The Kier molecular flexibility index (Phi) is 3.90. The second-order valence-electron chi connectivity index (χ2n) is 3.91. The number of nitrogens with one attached hydrogen (secondary N) is 1. The Morgan fingerprint density at radius 2 is 1.94 bits per heavy atom. The van der Waals surface area contributed by atoms with E-state index in [4.69, 9.17) is 5.11 Å². The molecule has 94 valence electrons. The molecule has 0 aromatic heterocycles. The average molecular weight is 257 g/mol. The zero-order valence-corrected chi connectivity index (χ0v) is 9.84. The van der Waals surface area contributed by atoms with Crippen LogP contribution in [0.2, 0.25) is 0 Å². The molecule has 1 heterocycles. The topological polar surface area (TPSA) is 93.0 Å². The third-order valence-electron chi connectivity index (χ3n) is 2.68. The number of hydrogen-bond acceptors (Lipinski definition) is 6. The van der Waals surface area contributed by atoms with Gasteiger partial charge in [-0.25, -0.2) is 0 Å². The average Bonchev–Trinajstić information content (AvgIpc) is 2.79. The van der Waals surface area contributed by atoms with Gasteiger partial charge in [-0.1, -0.05) is 23.9 Å². The molecule has 5 N–H and O–H groups in total. The SMILES string of the molecule is OC[C@H](O)[C@H](O)[C@@H](O)[C@@H]1Nc2ccccc2S1. The molecule has 6 heteroatoms. The van der Waals surface area contributed by atoms with Crippen LogP contribution in [-0.2, 0) is 0 Å². The van der Waals surface area contributed by atoms with E-state index in [1.54, 1.807) is 0 Å². The Labute approximate surface area is 103 Å². The lowest BCUT2D eigenvalue weighted by Gasteiger charge is -2.25. The van der Waals surface area contributed by atoms with Gasteiger partial charge in [0.1, 0.15) is 23.7 Å². The number of benzene rings is 1. The number of aliphatic hydroxyl groups excluding tert-OH is 4. The third kappa shape index (κ3) is 2.56. The number of rotatable bonds is 4. The lowest BCUT2D eigenvalue weighted by Crippen LogP contribution is -2.46. The minimum atomic E-state index is -1.38. The van der Waals surface area contributed by atoms with E-state index >= 15 is 0 Å². The van der Waals surface area contributed by atoms with E-state index < -0.39 is 30.3 Å². The number of thioether (sulfide) groups is 1. The maximum Gasteiger partial charge on any atom is 0.112 e. The molecule has 0 saturated carbocycles. The fourth-order valence-electron chi connectivity index (χ4n) is 1.68. The van der Waals surface area contributed by atoms with Crippen molar-refractivity contribution in [3.8, 4) is 0 Å². The van der Waals surface area contributed by atoms with Crippen molar-refractivity contribution in [3.05, 3.63) is 24.3 Å². The largest absolute Gasteiger partial charge is 0.394 e. The lowest BCUT2D eigenvalue weighted by atomic mass is 10.1. The first kappa shape index (κ1) is 12.7. The number of aliphatic hydroxyl groups is 4. The molecular formula is C11H15NO4S. The maximum atomic E-state index is 9.89. The third-order valence-corrected chi connectivity index (χ3v) is 3.94. The highest BCUT2D eigenvalue weighted by atomic mass is 32.2. The molecule has 4 atom stereocenters. The molecule has 17 heavy (non-hydrogen) atoms. The summed E-state index contributed by atoms with van der Waals surface area (Å²) < 4.78 is 0. The first-order valence-corrected chi connectivity index (χ1v) is 6.18. The van der Waals surface area contributed by atoms with Gasteiger partial charge in [0.05, 0.1) is 6.61 Å². The van der Waals surface area contributed by atoms with Crippen LogP contribution in [-0.4, -0.2) is 50.7 Å². The van der Waals surface area contributed by atoms with E-state index in [0.29, 0.717) is 0 Å². The van der Waals surface area contributed by atoms with Gasteiger partial charge in [0.2, 0.25) is 0 Å². The molecule has 1 aromatic carbocycles. The molecule has 5 nitrogen and oxygen atoms in total. The van der Waals surface area contributed by atoms with Crippen molar-refractivity contribution >= 4 is 17.4 Å². The van der Waals surface area contributed by atoms with Gasteiger partial charge in [0.25, 0.3) is 0 Å². The molecule has 0 aliphatic carbocycles. The molecule has 1 aromatic rings. The van der Waals surface area contributed by atoms with Crippen LogP contribution in [0, 0.1) is 0 Å². The summed E-state index contributed by atoms with van der Waals surface area (Å²) in [6.45, 7) is -0.581. The van der Waals surface area contributed by atoms with Crippen LogP contribution < -0.4 is 5.32 Å². The summed E-state index contributed by atoms with van der Waals surface area (Å²) in [5.41, 5.74) is 0.896. The Hall–Kier alpha value is -0.790. The van der Waals surface area contributed by atoms with Crippen LogP contribution in [0.25, 0.3) is 0 Å². The van der Waals surface area contributed by atoms with Gasteiger partial charge in [-0.2, -0.15) is 0 Å². The van der Waals surface area contributed by atoms with E-state index in [-0.39, 0.29) is 0 Å². The molecule has 2 rings (SSSR count). The molecular weight excluding hydrogens is 242 g/mol. The van der Waals surface area contributed by atoms with Crippen molar-refractivity contribution in [3.63, 3.8) is 0 Å². The van der Waals surface area contributed by atoms with Crippen molar-refractivity contribution in [2.45, 2.75) is 28.6 Å². The zero-order chi connectivity index (χ0) is 12.4. The second-order valence-corrected chi connectivity index (χ2v) is 5.09. The summed E-state index contributed by atoms with van der Waals surface area (Å²) in [4.78, 5) is 0.988. The fraction of sp³-hybridized carbons (Fsp3) is 0.455. The minimum Gasteiger partial charge on any atom is -0.394 e. The van der Waals surface area contributed by atoms with Gasteiger partial charge in [0.15, 0.2) is 0 Å². The van der Waals surface area contributed by atoms with Gasteiger partial charge >= 0.3 is 0 Å². The molecule has 0 spiro atoms. The summed E-state index contributed by atoms with van der Waals surface area (Å²) in [7, 11) is 0. The van der Waals surface area contributed by atoms with Crippen LogP contribution in [0.4, 0.5) is 5.69 Å². The summed E-state index contributed by atoms with van der Waals surface area (Å²) in [5.74, 6) is 0. The quantitative estimate of drug-likeness (QED) is 0.504. The van der Waals surface area contributed by atoms with Crippen molar-refractivity contribution in [2.75, 3.05) is 11.9 Å². The van der Waals surface area contributed by atoms with Crippen LogP contribution >= 0.6 is 11.8 Å². The van der Waals surface area contributed by atoms with Crippen molar-refractivity contribution < 1.29 is 20.4 Å². The van der Waals surface area contributed by atoms with Gasteiger partial charge in [-0.15, -0.1) is 0 Å². The van der Waals surface area contributed by atoms with E-state index in [9.17, 15) is 15.3 Å².